The van der Waals surface area contributed by atoms with Crippen molar-refractivity contribution in [3.8, 4) is 0 Å². The summed E-state index contributed by atoms with van der Waals surface area (Å²) < 4.78 is 31.4. The van der Waals surface area contributed by atoms with E-state index in [1.807, 2.05) is 6.92 Å². The van der Waals surface area contributed by atoms with E-state index in [4.69, 9.17) is 4.42 Å². The van der Waals surface area contributed by atoms with Crippen LogP contribution in [0.4, 0.5) is 0 Å². The topological polar surface area (TPSA) is 92.5 Å². The fraction of sp³-hybridized carbons (Fsp3) is 0.579. The molecule has 0 radical (unpaired) electrons. The Labute approximate surface area is 170 Å². The summed E-state index contributed by atoms with van der Waals surface area (Å²) in [5, 5.41) is 3.15. The van der Waals surface area contributed by atoms with Crippen LogP contribution in [-0.4, -0.2) is 49.0 Å². The molecule has 0 bridgehead atoms. The second-order valence-electron chi connectivity index (χ2n) is 7.53. The van der Waals surface area contributed by atoms with E-state index in [1.165, 1.54) is 44.4 Å². The van der Waals surface area contributed by atoms with E-state index in [-0.39, 0.29) is 22.1 Å². The molecule has 154 valence electrons. The van der Waals surface area contributed by atoms with Gasteiger partial charge in [-0.25, -0.2) is 17.7 Å². The highest BCUT2D eigenvalue weighted by molar-refractivity contribution is 8.00. The third-order valence-electron chi connectivity index (χ3n) is 5.20. The van der Waals surface area contributed by atoms with Gasteiger partial charge in [-0.15, -0.1) is 0 Å². The highest BCUT2D eigenvalue weighted by atomic mass is 32.2. The molecule has 1 aliphatic rings. The van der Waals surface area contributed by atoms with Gasteiger partial charge in [0.2, 0.25) is 15.9 Å². The van der Waals surface area contributed by atoms with E-state index < -0.39 is 10.0 Å². The summed E-state index contributed by atoms with van der Waals surface area (Å²) in [4.78, 5) is 17.1. The van der Waals surface area contributed by atoms with Crippen molar-refractivity contribution in [3.63, 3.8) is 0 Å². The summed E-state index contributed by atoms with van der Waals surface area (Å²) in [7, 11) is -0.570. The molecule has 1 saturated carbocycles. The molecule has 1 fully saturated rings. The Balaban J connectivity index is 1.70. The van der Waals surface area contributed by atoms with E-state index in [1.54, 1.807) is 6.07 Å². The van der Waals surface area contributed by atoms with Crippen molar-refractivity contribution in [1.29, 1.82) is 0 Å². The van der Waals surface area contributed by atoms with E-state index in [9.17, 15) is 13.2 Å². The molecule has 28 heavy (non-hydrogen) atoms. The van der Waals surface area contributed by atoms with Crippen molar-refractivity contribution in [2.45, 2.75) is 60.9 Å². The van der Waals surface area contributed by atoms with Crippen molar-refractivity contribution < 1.29 is 17.6 Å². The number of carbonyl (C=O) groups excluding carboxylic acids is 1. The number of fused-ring (bicyclic) bond motifs is 1. The van der Waals surface area contributed by atoms with Crippen LogP contribution in [0.25, 0.3) is 11.1 Å². The third kappa shape index (κ3) is 4.52. The van der Waals surface area contributed by atoms with Gasteiger partial charge in [0, 0.05) is 20.1 Å². The van der Waals surface area contributed by atoms with Crippen molar-refractivity contribution in [2.24, 2.45) is 5.92 Å². The van der Waals surface area contributed by atoms with Crippen molar-refractivity contribution in [3.05, 3.63) is 18.2 Å². The first-order chi connectivity index (χ1) is 13.2. The summed E-state index contributed by atoms with van der Waals surface area (Å²) in [6.07, 6.45) is 4.55. The molecule has 1 aromatic carbocycles. The molecule has 0 aliphatic heterocycles. The Morgan fingerprint density at radius 1 is 1.32 bits per heavy atom. The Hall–Kier alpha value is -1.58. The van der Waals surface area contributed by atoms with E-state index >= 15 is 0 Å². The largest absolute Gasteiger partial charge is 0.431 e. The Bertz CT molecular complexity index is 955. The van der Waals surface area contributed by atoms with E-state index in [0.717, 1.165) is 23.6 Å². The summed E-state index contributed by atoms with van der Waals surface area (Å²) in [5.41, 5.74) is 0.952. The van der Waals surface area contributed by atoms with Gasteiger partial charge in [0.15, 0.2) is 5.58 Å². The normalized spacial score (nSPS) is 21.8. The van der Waals surface area contributed by atoms with Crippen LogP contribution < -0.4 is 5.32 Å². The molecule has 2 aromatic rings. The molecular weight excluding hydrogens is 398 g/mol. The molecule has 1 amide bonds. The minimum absolute atomic E-state index is 0.0260. The number of thioether (sulfide) groups is 1. The quantitative estimate of drug-likeness (QED) is 0.714. The van der Waals surface area contributed by atoms with Gasteiger partial charge >= 0.3 is 0 Å². The SMILES string of the molecule is C[C@@H](Sc1nc2cc(S(=O)(=O)N(C)C)ccc2o1)C(=O)N[C@H]1CCCC[C@@H]1C. The summed E-state index contributed by atoms with van der Waals surface area (Å²) >= 11 is 1.24. The van der Waals surface area contributed by atoms with Gasteiger partial charge in [0.25, 0.3) is 5.22 Å². The molecule has 3 atom stereocenters. The standard InChI is InChI=1S/C19H27N3O4S2/c1-12-7-5-6-8-15(12)20-18(23)13(2)27-19-21-16-11-14(9-10-17(16)26-19)28(24,25)22(3)4/h9-13,15H,5-8H2,1-4H3,(H,20,23)/t12-,13+,15-/m0/s1. The molecule has 1 N–H and O–H groups in total. The van der Waals surface area contributed by atoms with Crippen LogP contribution in [0.5, 0.6) is 0 Å². The van der Waals surface area contributed by atoms with Gasteiger partial charge in [0.1, 0.15) is 5.52 Å². The second kappa shape index (κ2) is 8.42. The smallest absolute Gasteiger partial charge is 0.257 e. The van der Waals surface area contributed by atoms with Crippen LogP contribution in [0.1, 0.15) is 39.5 Å². The highest BCUT2D eigenvalue weighted by Gasteiger charge is 2.26. The lowest BCUT2D eigenvalue weighted by Crippen LogP contribution is -2.44. The Morgan fingerprint density at radius 2 is 2.04 bits per heavy atom. The molecule has 3 rings (SSSR count). The van der Waals surface area contributed by atoms with Gasteiger partial charge in [-0.3, -0.25) is 4.79 Å². The maximum atomic E-state index is 12.6. The first-order valence-corrected chi connectivity index (χ1v) is 11.8. The Kier molecular flexibility index (Phi) is 6.36. The van der Waals surface area contributed by atoms with Crippen LogP contribution in [0.3, 0.4) is 0 Å². The zero-order chi connectivity index (χ0) is 20.5. The number of sulfonamides is 1. The lowest BCUT2D eigenvalue weighted by molar-refractivity contribution is -0.121. The fourth-order valence-corrected chi connectivity index (χ4v) is 5.03. The maximum absolute atomic E-state index is 12.6. The molecule has 7 nitrogen and oxygen atoms in total. The van der Waals surface area contributed by atoms with Crippen LogP contribution >= 0.6 is 11.8 Å². The number of nitrogens with one attached hydrogen (secondary N) is 1. The number of carbonyl (C=O) groups is 1. The predicted octanol–water partition coefficient (Wildman–Crippen LogP) is 3.25. The van der Waals surface area contributed by atoms with Crippen LogP contribution in [0, 0.1) is 5.92 Å². The van der Waals surface area contributed by atoms with Gasteiger partial charge in [-0.1, -0.05) is 31.5 Å². The zero-order valence-corrected chi connectivity index (χ0v) is 18.3. The minimum Gasteiger partial charge on any atom is -0.431 e. The number of oxazole rings is 1. The molecule has 0 saturated heterocycles. The summed E-state index contributed by atoms with van der Waals surface area (Å²) in [6, 6.07) is 4.81. The fourth-order valence-electron chi connectivity index (χ4n) is 3.34. The summed E-state index contributed by atoms with van der Waals surface area (Å²) in [5.74, 6) is 0.471. The first-order valence-electron chi connectivity index (χ1n) is 9.48. The molecule has 1 heterocycles. The van der Waals surface area contributed by atoms with Crippen LogP contribution in [0.15, 0.2) is 32.7 Å². The van der Waals surface area contributed by atoms with Gasteiger partial charge in [0.05, 0.1) is 10.1 Å². The number of hydrogen-bond acceptors (Lipinski definition) is 6. The van der Waals surface area contributed by atoms with Crippen molar-refractivity contribution >= 4 is 38.8 Å². The van der Waals surface area contributed by atoms with Gasteiger partial charge in [-0.2, -0.15) is 0 Å². The van der Waals surface area contributed by atoms with Gasteiger partial charge < -0.3 is 9.73 Å². The molecular formula is C19H27N3O4S2. The number of rotatable bonds is 6. The summed E-state index contributed by atoms with van der Waals surface area (Å²) in [6.45, 7) is 4.01. The molecule has 1 aliphatic carbocycles. The highest BCUT2D eigenvalue weighted by Crippen LogP contribution is 2.29. The van der Waals surface area contributed by atoms with E-state index in [2.05, 4.69) is 17.2 Å². The first kappa shape index (κ1) is 21.1. The number of aromatic nitrogens is 1. The lowest BCUT2D eigenvalue weighted by Gasteiger charge is -2.30. The average Bonchev–Trinajstić information content (AvgIpc) is 3.04. The van der Waals surface area contributed by atoms with Crippen molar-refractivity contribution in [2.75, 3.05) is 14.1 Å². The third-order valence-corrected chi connectivity index (χ3v) is 7.96. The number of nitrogens with zero attached hydrogens (tertiary/aromatic N) is 2. The zero-order valence-electron chi connectivity index (χ0n) is 16.6. The number of benzene rings is 1. The predicted molar refractivity (Wildman–Crippen MR) is 110 cm³/mol. The van der Waals surface area contributed by atoms with Crippen LogP contribution in [0.2, 0.25) is 0 Å². The minimum atomic E-state index is -3.54. The molecule has 9 heteroatoms. The number of hydrogen-bond donors (Lipinski definition) is 1. The maximum Gasteiger partial charge on any atom is 0.257 e. The molecule has 0 unspecified atom stereocenters. The monoisotopic (exact) mass is 425 g/mol. The lowest BCUT2D eigenvalue weighted by atomic mass is 9.86. The van der Waals surface area contributed by atoms with E-state index in [0.29, 0.717) is 22.2 Å². The average molecular weight is 426 g/mol. The van der Waals surface area contributed by atoms with Gasteiger partial charge in [-0.05, 0) is 43.9 Å². The molecule has 1 aromatic heterocycles. The van der Waals surface area contributed by atoms with Crippen molar-refractivity contribution in [1.82, 2.24) is 14.6 Å². The second-order valence-corrected chi connectivity index (χ2v) is 11.0. The van der Waals surface area contributed by atoms with Crippen LogP contribution in [-0.2, 0) is 14.8 Å². The Morgan fingerprint density at radius 3 is 2.71 bits per heavy atom. The molecule has 0 spiro atoms. The number of amides is 1.